The number of hydrogen-bond acceptors (Lipinski definition) is 3. The number of oxazole rings is 1. The Kier molecular flexibility index (Phi) is 2.87. The third-order valence-corrected chi connectivity index (χ3v) is 9.60. The zero-order chi connectivity index (χ0) is 19.6. The molecule has 1 heterocycles. The van der Waals surface area contributed by atoms with E-state index in [0.717, 1.165) is 52.2 Å². The topological polar surface area (TPSA) is 55.1 Å². The first-order chi connectivity index (χ1) is 14.8. The molecule has 5 aliphatic rings. The Bertz CT molecular complexity index is 1150. The van der Waals surface area contributed by atoms with Gasteiger partial charge in [0.25, 0.3) is 0 Å². The zero-order valence-corrected chi connectivity index (χ0v) is 16.6. The number of rotatable bonds is 4. The fourth-order valence-corrected chi connectivity index (χ4v) is 9.01. The van der Waals surface area contributed by atoms with Crippen LogP contribution in [0, 0.1) is 53.3 Å². The van der Waals surface area contributed by atoms with Crippen LogP contribution in [0.4, 0.5) is 0 Å². The smallest absolute Gasteiger partial charge is 0.224 e. The van der Waals surface area contributed by atoms with Gasteiger partial charge < -0.3 is 9.73 Å². The Morgan fingerprint density at radius 3 is 2.43 bits per heavy atom. The summed E-state index contributed by atoms with van der Waals surface area (Å²) in [6.07, 6.45) is 2.82. The van der Waals surface area contributed by atoms with Gasteiger partial charge >= 0.3 is 0 Å². The van der Waals surface area contributed by atoms with Crippen molar-refractivity contribution in [2.24, 2.45) is 53.3 Å². The number of carbonyl (C=O) groups excluding carboxylic acids is 1. The largest absolute Gasteiger partial charge is 0.438 e. The second-order valence-corrected chi connectivity index (χ2v) is 10.3. The lowest BCUT2D eigenvalue weighted by molar-refractivity contribution is -0.133. The Labute approximate surface area is 175 Å². The normalized spacial score (nSPS) is 42.1. The summed E-state index contributed by atoms with van der Waals surface area (Å²) in [5, 5.41) is 3.41. The highest BCUT2D eigenvalue weighted by molar-refractivity contribution is 5.82. The molecule has 1 amide bonds. The highest BCUT2D eigenvalue weighted by atomic mass is 16.3. The van der Waals surface area contributed by atoms with Crippen molar-refractivity contribution in [3.63, 3.8) is 0 Å². The molecule has 30 heavy (non-hydrogen) atoms. The molecule has 8 rings (SSSR count). The summed E-state index contributed by atoms with van der Waals surface area (Å²) >= 11 is 0. The molecule has 4 heteroatoms. The Hall–Kier alpha value is -2.62. The number of hydrogen-bond donors (Lipinski definition) is 1. The summed E-state index contributed by atoms with van der Waals surface area (Å²) in [6, 6.07) is 17.6. The Morgan fingerprint density at radius 1 is 0.867 bits per heavy atom. The number of aromatic nitrogens is 1. The van der Waals surface area contributed by atoms with Crippen molar-refractivity contribution >= 4 is 17.0 Å². The van der Waals surface area contributed by atoms with Crippen LogP contribution in [0.1, 0.15) is 30.3 Å². The standard InChI is InChI=1S/C26H24N2O2/c29-25(23-20-14-11-15-19-13(14)10-16(20)21(19)22(15)23)28-24(12-6-2-1-3-7-12)26-27-17-8-4-5-9-18(17)30-26/h1-9,13-16,19-24H,10-11H2,(H,28,29). The second kappa shape index (κ2) is 5.35. The average molecular weight is 396 g/mol. The quantitative estimate of drug-likeness (QED) is 0.710. The monoisotopic (exact) mass is 396 g/mol. The van der Waals surface area contributed by atoms with E-state index in [1.807, 2.05) is 42.5 Å². The first kappa shape index (κ1) is 16.1. The number of carbonyl (C=O) groups is 1. The van der Waals surface area contributed by atoms with Crippen molar-refractivity contribution in [3.05, 3.63) is 66.1 Å². The molecule has 2 bridgehead atoms. The molecule has 0 aliphatic heterocycles. The first-order valence-corrected chi connectivity index (χ1v) is 11.5. The molecule has 0 radical (unpaired) electrons. The maximum absolute atomic E-state index is 13.7. The number of nitrogens with one attached hydrogen (secondary N) is 1. The summed E-state index contributed by atoms with van der Waals surface area (Å²) < 4.78 is 6.10. The summed E-state index contributed by atoms with van der Waals surface area (Å²) in [5.41, 5.74) is 2.63. The van der Waals surface area contributed by atoms with Gasteiger partial charge in [-0.25, -0.2) is 4.98 Å². The lowest BCUT2D eigenvalue weighted by Crippen LogP contribution is -2.49. The third-order valence-electron chi connectivity index (χ3n) is 9.60. The minimum Gasteiger partial charge on any atom is -0.438 e. The fourth-order valence-electron chi connectivity index (χ4n) is 9.01. The molecule has 2 aromatic carbocycles. The van der Waals surface area contributed by atoms with Gasteiger partial charge in [0.2, 0.25) is 11.8 Å². The summed E-state index contributed by atoms with van der Waals surface area (Å²) in [7, 11) is 0. The van der Waals surface area contributed by atoms with Gasteiger partial charge in [0.05, 0.1) is 0 Å². The van der Waals surface area contributed by atoms with Crippen molar-refractivity contribution in [1.82, 2.24) is 10.3 Å². The summed E-state index contributed by atoms with van der Waals surface area (Å²) in [6.45, 7) is 0. The van der Waals surface area contributed by atoms with Gasteiger partial charge in [-0.3, -0.25) is 4.79 Å². The zero-order valence-electron chi connectivity index (χ0n) is 16.6. The van der Waals surface area contributed by atoms with Crippen molar-refractivity contribution in [2.45, 2.75) is 18.9 Å². The lowest BCUT2D eigenvalue weighted by atomic mass is 9.57. The molecule has 5 fully saturated rings. The van der Waals surface area contributed by atoms with E-state index < -0.39 is 0 Å². The van der Waals surface area contributed by atoms with Crippen LogP contribution in [-0.4, -0.2) is 10.9 Å². The first-order valence-electron chi connectivity index (χ1n) is 11.5. The maximum Gasteiger partial charge on any atom is 0.224 e. The van der Waals surface area contributed by atoms with Crippen LogP contribution in [0.2, 0.25) is 0 Å². The SMILES string of the molecule is O=C(NC(c1ccccc1)c1nc2ccccc2o1)C1C2C3CC4C5C3CC2C5C41. The molecule has 10 atom stereocenters. The third kappa shape index (κ3) is 1.77. The van der Waals surface area contributed by atoms with E-state index in [1.165, 1.54) is 12.8 Å². The van der Waals surface area contributed by atoms with E-state index in [4.69, 9.17) is 9.40 Å². The lowest BCUT2D eigenvalue weighted by Gasteiger charge is -2.47. The number of nitrogens with zero attached hydrogens (tertiary/aromatic N) is 1. The van der Waals surface area contributed by atoms with Crippen molar-refractivity contribution < 1.29 is 9.21 Å². The molecule has 3 aromatic rings. The molecule has 1 aromatic heterocycles. The van der Waals surface area contributed by atoms with Crippen LogP contribution in [0.25, 0.3) is 11.1 Å². The van der Waals surface area contributed by atoms with Gasteiger partial charge in [-0.2, -0.15) is 0 Å². The van der Waals surface area contributed by atoms with E-state index in [2.05, 4.69) is 17.4 Å². The minimum absolute atomic E-state index is 0.211. The van der Waals surface area contributed by atoms with Crippen molar-refractivity contribution in [1.29, 1.82) is 0 Å². The van der Waals surface area contributed by atoms with Gasteiger partial charge in [0.1, 0.15) is 11.6 Å². The van der Waals surface area contributed by atoms with Gasteiger partial charge in [0.15, 0.2) is 5.58 Å². The number of para-hydroxylation sites is 2. The second-order valence-electron chi connectivity index (χ2n) is 10.3. The predicted molar refractivity (Wildman–Crippen MR) is 111 cm³/mol. The minimum atomic E-state index is -0.339. The highest BCUT2D eigenvalue weighted by Crippen LogP contribution is 2.84. The van der Waals surface area contributed by atoms with E-state index in [1.54, 1.807) is 0 Å². The van der Waals surface area contributed by atoms with Crippen LogP contribution < -0.4 is 5.32 Å². The van der Waals surface area contributed by atoms with Crippen LogP contribution >= 0.6 is 0 Å². The molecule has 5 aliphatic carbocycles. The molecule has 150 valence electrons. The molecular formula is C26H24N2O2. The van der Waals surface area contributed by atoms with Crippen LogP contribution in [0.3, 0.4) is 0 Å². The molecule has 10 unspecified atom stereocenters. The van der Waals surface area contributed by atoms with Crippen LogP contribution in [0.5, 0.6) is 0 Å². The summed E-state index contributed by atoms with van der Waals surface area (Å²) in [4.78, 5) is 18.5. The van der Waals surface area contributed by atoms with Crippen molar-refractivity contribution in [3.8, 4) is 0 Å². The average Bonchev–Trinajstić information content (AvgIpc) is 3.45. The molecule has 0 spiro atoms. The van der Waals surface area contributed by atoms with Crippen LogP contribution in [0.15, 0.2) is 59.0 Å². The Morgan fingerprint density at radius 2 is 1.60 bits per heavy atom. The van der Waals surface area contributed by atoms with Gasteiger partial charge in [-0.15, -0.1) is 0 Å². The summed E-state index contributed by atoms with van der Waals surface area (Å²) in [5.74, 6) is 7.60. The van der Waals surface area contributed by atoms with Crippen molar-refractivity contribution in [2.75, 3.05) is 0 Å². The number of amides is 1. The van der Waals surface area contributed by atoms with Gasteiger partial charge in [0, 0.05) is 5.92 Å². The van der Waals surface area contributed by atoms with E-state index in [-0.39, 0.29) is 17.9 Å². The predicted octanol–water partition coefficient (Wildman–Crippen LogP) is 4.43. The number of benzene rings is 2. The highest BCUT2D eigenvalue weighted by Gasteiger charge is 2.81. The van der Waals surface area contributed by atoms with Crippen LogP contribution in [-0.2, 0) is 4.79 Å². The Balaban J connectivity index is 1.16. The number of fused-ring (bicyclic) bond motifs is 3. The van der Waals surface area contributed by atoms with E-state index >= 15 is 0 Å². The van der Waals surface area contributed by atoms with Gasteiger partial charge in [-0.1, -0.05) is 42.5 Å². The molecule has 5 saturated carbocycles. The maximum atomic E-state index is 13.7. The van der Waals surface area contributed by atoms with Gasteiger partial charge in [-0.05, 0) is 77.9 Å². The fraction of sp³-hybridized carbons (Fsp3) is 0.462. The molecular weight excluding hydrogens is 372 g/mol. The molecule has 0 saturated heterocycles. The van der Waals surface area contributed by atoms with E-state index in [0.29, 0.717) is 17.7 Å². The molecule has 4 nitrogen and oxygen atoms in total. The van der Waals surface area contributed by atoms with E-state index in [9.17, 15) is 4.79 Å². The molecule has 1 N–H and O–H groups in total.